The summed E-state index contributed by atoms with van der Waals surface area (Å²) in [6.45, 7) is 0. The molecule has 0 saturated heterocycles. The van der Waals surface area contributed by atoms with E-state index < -0.39 is 0 Å². The van der Waals surface area contributed by atoms with Gasteiger partial charge in [0.25, 0.3) is 0 Å². The van der Waals surface area contributed by atoms with Gasteiger partial charge in [-0.1, -0.05) is 48.5 Å². The largest absolute Gasteiger partial charge is 0.497 e. The smallest absolute Gasteiger partial charge is 0.119 e. The van der Waals surface area contributed by atoms with Crippen molar-refractivity contribution >= 4 is 0 Å². The monoisotopic (exact) mass is 290 g/mol. The van der Waals surface area contributed by atoms with Crippen LogP contribution in [0.25, 0.3) is 22.3 Å². The molecular formula is C20H18O2. The number of hydrogen-bond donors (Lipinski definition) is 0. The minimum absolute atomic E-state index is 0.870. The molecule has 0 radical (unpaired) electrons. The van der Waals surface area contributed by atoms with Crippen molar-refractivity contribution in [1.82, 2.24) is 0 Å². The Bertz CT molecular complexity index is 694. The third-order valence-electron chi connectivity index (χ3n) is 3.69. The molecule has 0 saturated carbocycles. The summed E-state index contributed by atoms with van der Waals surface area (Å²) in [6, 6.07) is 24.7. The van der Waals surface area contributed by atoms with Crippen molar-refractivity contribution in [2.75, 3.05) is 14.2 Å². The highest BCUT2D eigenvalue weighted by Crippen LogP contribution is 2.28. The molecule has 0 aliphatic carbocycles. The van der Waals surface area contributed by atoms with Gasteiger partial charge in [-0.25, -0.2) is 0 Å². The molecule has 0 heterocycles. The second kappa shape index (κ2) is 6.35. The lowest BCUT2D eigenvalue weighted by Crippen LogP contribution is -1.85. The third kappa shape index (κ3) is 2.96. The van der Waals surface area contributed by atoms with Gasteiger partial charge in [0.15, 0.2) is 0 Å². The van der Waals surface area contributed by atoms with E-state index in [1.807, 2.05) is 36.4 Å². The maximum absolute atomic E-state index is 5.28. The van der Waals surface area contributed by atoms with E-state index in [9.17, 15) is 0 Å². The Balaban J connectivity index is 1.91. The summed E-state index contributed by atoms with van der Waals surface area (Å²) < 4.78 is 10.6. The molecule has 3 aromatic rings. The minimum atomic E-state index is 0.870. The van der Waals surface area contributed by atoms with E-state index in [0.717, 1.165) is 22.6 Å². The predicted octanol–water partition coefficient (Wildman–Crippen LogP) is 5.04. The Morgan fingerprint density at radius 3 is 1.27 bits per heavy atom. The minimum Gasteiger partial charge on any atom is -0.497 e. The maximum atomic E-state index is 5.28. The molecule has 0 fully saturated rings. The SMILES string of the molecule is COc1cccc(-c2ccc(-c3cccc(OC)c3)cc2)c1. The van der Waals surface area contributed by atoms with Crippen LogP contribution in [0.15, 0.2) is 72.8 Å². The van der Waals surface area contributed by atoms with E-state index in [-0.39, 0.29) is 0 Å². The fraction of sp³-hybridized carbons (Fsp3) is 0.100. The van der Waals surface area contributed by atoms with Crippen LogP contribution in [0.1, 0.15) is 0 Å². The van der Waals surface area contributed by atoms with Crippen molar-refractivity contribution < 1.29 is 9.47 Å². The summed E-state index contributed by atoms with van der Waals surface area (Å²) in [6.07, 6.45) is 0. The summed E-state index contributed by atoms with van der Waals surface area (Å²) in [5.41, 5.74) is 4.64. The fourth-order valence-corrected chi connectivity index (χ4v) is 2.46. The average Bonchev–Trinajstić information content (AvgIpc) is 2.62. The maximum Gasteiger partial charge on any atom is 0.119 e. The topological polar surface area (TPSA) is 18.5 Å². The molecule has 0 amide bonds. The van der Waals surface area contributed by atoms with Crippen LogP contribution >= 0.6 is 0 Å². The molecular weight excluding hydrogens is 272 g/mol. The van der Waals surface area contributed by atoms with Crippen molar-refractivity contribution in [3.05, 3.63) is 72.8 Å². The van der Waals surface area contributed by atoms with Crippen molar-refractivity contribution in [3.8, 4) is 33.8 Å². The molecule has 3 aromatic carbocycles. The second-order valence-electron chi connectivity index (χ2n) is 5.04. The first-order valence-corrected chi connectivity index (χ1v) is 7.19. The fourth-order valence-electron chi connectivity index (χ4n) is 2.46. The summed E-state index contributed by atoms with van der Waals surface area (Å²) in [5.74, 6) is 1.74. The molecule has 0 atom stereocenters. The van der Waals surface area contributed by atoms with Gasteiger partial charge in [-0.2, -0.15) is 0 Å². The predicted molar refractivity (Wildman–Crippen MR) is 90.4 cm³/mol. The number of ether oxygens (including phenoxy) is 2. The van der Waals surface area contributed by atoms with Crippen LogP contribution in [0, 0.1) is 0 Å². The van der Waals surface area contributed by atoms with E-state index in [1.165, 1.54) is 11.1 Å². The lowest BCUT2D eigenvalue weighted by molar-refractivity contribution is 0.415. The second-order valence-corrected chi connectivity index (χ2v) is 5.04. The standard InChI is InChI=1S/C20H18O2/c1-21-19-7-3-5-17(13-19)15-9-11-16(12-10-15)18-6-4-8-20(14-18)22-2/h3-14H,1-2H3. The number of benzene rings is 3. The van der Waals surface area contributed by atoms with Crippen LogP contribution in [-0.4, -0.2) is 14.2 Å². The lowest BCUT2D eigenvalue weighted by atomic mass is 10.00. The van der Waals surface area contributed by atoms with E-state index in [1.54, 1.807) is 14.2 Å². The number of rotatable bonds is 4. The summed E-state index contributed by atoms with van der Waals surface area (Å²) in [4.78, 5) is 0. The molecule has 22 heavy (non-hydrogen) atoms. The Kier molecular flexibility index (Phi) is 4.10. The molecule has 0 aliphatic heterocycles. The van der Waals surface area contributed by atoms with Gasteiger partial charge in [0.05, 0.1) is 14.2 Å². The van der Waals surface area contributed by atoms with E-state index in [2.05, 4.69) is 36.4 Å². The van der Waals surface area contributed by atoms with E-state index in [4.69, 9.17) is 9.47 Å². The molecule has 0 spiro atoms. The molecule has 2 nitrogen and oxygen atoms in total. The zero-order chi connectivity index (χ0) is 15.4. The third-order valence-corrected chi connectivity index (χ3v) is 3.69. The summed E-state index contributed by atoms with van der Waals surface area (Å²) >= 11 is 0. The van der Waals surface area contributed by atoms with Gasteiger partial charge in [0, 0.05) is 0 Å². The van der Waals surface area contributed by atoms with Gasteiger partial charge in [0.2, 0.25) is 0 Å². The van der Waals surface area contributed by atoms with Crippen LogP contribution in [-0.2, 0) is 0 Å². The highest BCUT2D eigenvalue weighted by Gasteiger charge is 2.02. The molecule has 0 N–H and O–H groups in total. The molecule has 3 rings (SSSR count). The zero-order valence-electron chi connectivity index (χ0n) is 12.7. The van der Waals surface area contributed by atoms with E-state index in [0.29, 0.717) is 0 Å². The van der Waals surface area contributed by atoms with Crippen molar-refractivity contribution in [2.24, 2.45) is 0 Å². The molecule has 0 aromatic heterocycles. The number of methoxy groups -OCH3 is 2. The summed E-state index contributed by atoms with van der Waals surface area (Å²) in [7, 11) is 3.37. The molecule has 2 heteroatoms. The van der Waals surface area contributed by atoms with Crippen LogP contribution < -0.4 is 9.47 Å². The van der Waals surface area contributed by atoms with Gasteiger partial charge in [-0.3, -0.25) is 0 Å². The first-order valence-electron chi connectivity index (χ1n) is 7.19. The first kappa shape index (κ1) is 14.2. The van der Waals surface area contributed by atoms with Crippen molar-refractivity contribution in [2.45, 2.75) is 0 Å². The average molecular weight is 290 g/mol. The Morgan fingerprint density at radius 1 is 0.500 bits per heavy atom. The number of hydrogen-bond acceptors (Lipinski definition) is 2. The normalized spacial score (nSPS) is 10.3. The van der Waals surface area contributed by atoms with Gasteiger partial charge < -0.3 is 9.47 Å². The van der Waals surface area contributed by atoms with Crippen molar-refractivity contribution in [1.29, 1.82) is 0 Å². The van der Waals surface area contributed by atoms with Crippen LogP contribution in [0.2, 0.25) is 0 Å². The molecule has 0 aliphatic rings. The molecule has 0 unspecified atom stereocenters. The summed E-state index contributed by atoms with van der Waals surface area (Å²) in [5, 5.41) is 0. The van der Waals surface area contributed by atoms with Gasteiger partial charge in [-0.15, -0.1) is 0 Å². The highest BCUT2D eigenvalue weighted by molar-refractivity contribution is 5.71. The lowest BCUT2D eigenvalue weighted by Gasteiger charge is -2.08. The van der Waals surface area contributed by atoms with Gasteiger partial charge >= 0.3 is 0 Å². The van der Waals surface area contributed by atoms with Crippen molar-refractivity contribution in [3.63, 3.8) is 0 Å². The Hall–Kier alpha value is -2.74. The van der Waals surface area contributed by atoms with Crippen LogP contribution in [0.3, 0.4) is 0 Å². The zero-order valence-corrected chi connectivity index (χ0v) is 12.7. The Labute approximate surface area is 131 Å². The van der Waals surface area contributed by atoms with Crippen LogP contribution in [0.4, 0.5) is 0 Å². The van der Waals surface area contributed by atoms with Gasteiger partial charge in [0.1, 0.15) is 11.5 Å². The molecule has 0 bridgehead atoms. The Morgan fingerprint density at radius 2 is 0.909 bits per heavy atom. The molecule has 110 valence electrons. The highest BCUT2D eigenvalue weighted by atomic mass is 16.5. The van der Waals surface area contributed by atoms with E-state index >= 15 is 0 Å². The van der Waals surface area contributed by atoms with Crippen LogP contribution in [0.5, 0.6) is 11.5 Å². The quantitative estimate of drug-likeness (QED) is 0.670. The van der Waals surface area contributed by atoms with Gasteiger partial charge in [-0.05, 0) is 46.5 Å². The first-order chi connectivity index (χ1) is 10.8.